The van der Waals surface area contributed by atoms with Crippen molar-refractivity contribution in [3.63, 3.8) is 0 Å². The van der Waals surface area contributed by atoms with E-state index in [4.69, 9.17) is 16.3 Å². The van der Waals surface area contributed by atoms with Gasteiger partial charge in [-0.25, -0.2) is 13.2 Å². The quantitative estimate of drug-likeness (QED) is 0.580. The summed E-state index contributed by atoms with van der Waals surface area (Å²) in [6.07, 6.45) is 1.63. The van der Waals surface area contributed by atoms with E-state index in [0.29, 0.717) is 17.0 Å². The molecule has 1 saturated heterocycles. The first-order valence-electron chi connectivity index (χ1n) is 8.10. The van der Waals surface area contributed by atoms with E-state index in [1.54, 1.807) is 36.4 Å². The van der Waals surface area contributed by atoms with Crippen molar-refractivity contribution in [3.05, 3.63) is 70.3 Å². The highest BCUT2D eigenvalue weighted by Crippen LogP contribution is 2.38. The van der Waals surface area contributed by atoms with Gasteiger partial charge in [0.25, 0.3) is 0 Å². The molecule has 0 unspecified atom stereocenters. The van der Waals surface area contributed by atoms with Crippen LogP contribution < -0.4 is 0 Å². The zero-order valence-corrected chi connectivity index (χ0v) is 16.3. The van der Waals surface area contributed by atoms with Crippen molar-refractivity contribution in [1.82, 2.24) is 0 Å². The molecule has 4 nitrogen and oxygen atoms in total. The van der Waals surface area contributed by atoms with Crippen LogP contribution in [-0.4, -0.2) is 26.2 Å². The molecule has 1 aliphatic rings. The summed E-state index contributed by atoms with van der Waals surface area (Å²) in [6, 6.07) is 13.7. The molecule has 0 amide bonds. The number of carbonyl (C=O) groups is 1. The molecular formula is C20H19ClO4S. The molecule has 26 heavy (non-hydrogen) atoms. The second kappa shape index (κ2) is 6.56. The van der Waals surface area contributed by atoms with E-state index >= 15 is 0 Å². The topological polar surface area (TPSA) is 60.4 Å². The van der Waals surface area contributed by atoms with Gasteiger partial charge in [-0.1, -0.05) is 35.9 Å². The van der Waals surface area contributed by atoms with Gasteiger partial charge in [-0.2, -0.15) is 0 Å². The number of rotatable bonds is 3. The minimum atomic E-state index is -3.29. The molecule has 0 aliphatic carbocycles. The van der Waals surface area contributed by atoms with Gasteiger partial charge < -0.3 is 4.74 Å². The van der Waals surface area contributed by atoms with Crippen LogP contribution in [0.5, 0.6) is 0 Å². The number of esters is 1. The maximum absolute atomic E-state index is 12.5. The summed E-state index contributed by atoms with van der Waals surface area (Å²) in [6.45, 7) is 3.73. The number of benzene rings is 2. The Balaban J connectivity index is 2.19. The normalized spacial score (nSPS) is 18.5. The number of cyclic esters (lactones) is 1. The van der Waals surface area contributed by atoms with Crippen LogP contribution in [0.1, 0.15) is 31.4 Å². The van der Waals surface area contributed by atoms with Gasteiger partial charge in [0.15, 0.2) is 9.84 Å². The van der Waals surface area contributed by atoms with Crippen LogP contribution in [0.25, 0.3) is 5.57 Å². The van der Waals surface area contributed by atoms with Crippen LogP contribution in [0, 0.1) is 0 Å². The molecule has 2 aromatic rings. The van der Waals surface area contributed by atoms with E-state index in [1.807, 2.05) is 26.0 Å². The van der Waals surface area contributed by atoms with Gasteiger partial charge in [-0.3, -0.25) is 0 Å². The summed E-state index contributed by atoms with van der Waals surface area (Å²) in [5.74, 6) is -0.355. The Morgan fingerprint density at radius 1 is 1.00 bits per heavy atom. The van der Waals surface area contributed by atoms with Crippen LogP contribution in [0.2, 0.25) is 5.02 Å². The Labute approximate surface area is 158 Å². The third-order valence-electron chi connectivity index (χ3n) is 4.22. The van der Waals surface area contributed by atoms with Gasteiger partial charge in [0.05, 0.1) is 4.90 Å². The van der Waals surface area contributed by atoms with E-state index < -0.39 is 15.4 Å². The lowest BCUT2D eigenvalue weighted by Crippen LogP contribution is -2.17. The number of carbonyl (C=O) groups excluding carboxylic acids is 1. The second-order valence-electron chi connectivity index (χ2n) is 6.98. The zero-order valence-electron chi connectivity index (χ0n) is 14.7. The van der Waals surface area contributed by atoms with Gasteiger partial charge in [0.2, 0.25) is 0 Å². The Hall–Kier alpha value is -2.11. The first-order valence-corrected chi connectivity index (χ1v) is 10.4. The van der Waals surface area contributed by atoms with Crippen LogP contribution in [0.3, 0.4) is 0 Å². The lowest BCUT2D eigenvalue weighted by molar-refractivity contribution is -0.143. The third kappa shape index (κ3) is 3.84. The zero-order chi connectivity index (χ0) is 19.1. The predicted molar refractivity (Wildman–Crippen MR) is 102 cm³/mol. The SMILES string of the molecule is CC1(C)CC(=C(c2ccc(Cl)cc2)c2ccc(S(C)(=O)=O)cc2)C(=O)O1. The van der Waals surface area contributed by atoms with Crippen molar-refractivity contribution in [2.24, 2.45) is 0 Å². The molecule has 0 bridgehead atoms. The van der Waals surface area contributed by atoms with Crippen LogP contribution in [-0.2, 0) is 19.4 Å². The lowest BCUT2D eigenvalue weighted by atomic mass is 9.89. The summed E-state index contributed by atoms with van der Waals surface area (Å²) in [5.41, 5.74) is 2.31. The largest absolute Gasteiger partial charge is 0.456 e. The second-order valence-corrected chi connectivity index (χ2v) is 9.44. The smallest absolute Gasteiger partial charge is 0.335 e. The maximum atomic E-state index is 12.5. The Morgan fingerprint density at radius 3 is 1.92 bits per heavy atom. The highest BCUT2D eigenvalue weighted by Gasteiger charge is 2.37. The monoisotopic (exact) mass is 390 g/mol. The highest BCUT2D eigenvalue weighted by atomic mass is 35.5. The van der Waals surface area contributed by atoms with Crippen molar-refractivity contribution in [1.29, 1.82) is 0 Å². The average Bonchev–Trinajstić information content (AvgIpc) is 2.82. The highest BCUT2D eigenvalue weighted by molar-refractivity contribution is 7.90. The van der Waals surface area contributed by atoms with E-state index in [2.05, 4.69) is 0 Å². The number of hydrogen-bond donors (Lipinski definition) is 0. The molecule has 1 aliphatic heterocycles. The number of ether oxygens (including phenoxy) is 1. The van der Waals surface area contributed by atoms with Gasteiger partial charge in [-0.15, -0.1) is 0 Å². The first-order chi connectivity index (χ1) is 12.1. The fourth-order valence-corrected chi connectivity index (χ4v) is 3.79. The minimum Gasteiger partial charge on any atom is -0.456 e. The molecule has 1 heterocycles. The van der Waals surface area contributed by atoms with Gasteiger partial charge in [-0.05, 0) is 54.8 Å². The fraction of sp³-hybridized carbons (Fsp3) is 0.250. The van der Waals surface area contributed by atoms with Crippen LogP contribution in [0.15, 0.2) is 59.0 Å². The molecule has 0 N–H and O–H groups in total. The molecule has 1 fully saturated rings. The Kier molecular flexibility index (Phi) is 4.71. The maximum Gasteiger partial charge on any atom is 0.335 e. The standard InChI is InChI=1S/C20H19ClO4S/c1-20(2)12-17(19(22)25-20)18(13-4-8-15(21)9-5-13)14-6-10-16(11-7-14)26(3,23)24/h4-11H,12H2,1-3H3. The van der Waals surface area contributed by atoms with Crippen molar-refractivity contribution in [2.75, 3.05) is 6.26 Å². The molecule has 0 radical (unpaired) electrons. The average molecular weight is 391 g/mol. The Bertz CT molecular complexity index is 985. The van der Waals surface area contributed by atoms with E-state index in [-0.39, 0.29) is 10.9 Å². The summed E-state index contributed by atoms with van der Waals surface area (Å²) in [4.78, 5) is 12.7. The van der Waals surface area contributed by atoms with E-state index in [1.165, 1.54) is 0 Å². The fourth-order valence-electron chi connectivity index (χ4n) is 3.04. The van der Waals surface area contributed by atoms with Crippen molar-refractivity contribution in [3.8, 4) is 0 Å². The predicted octanol–water partition coefficient (Wildman–Crippen LogP) is 4.27. The molecule has 0 atom stereocenters. The van der Waals surface area contributed by atoms with E-state index in [9.17, 15) is 13.2 Å². The summed E-state index contributed by atoms with van der Waals surface area (Å²) in [5, 5.41) is 0.597. The van der Waals surface area contributed by atoms with Crippen molar-refractivity contribution >= 4 is 33.0 Å². The summed E-state index contributed by atoms with van der Waals surface area (Å²) >= 11 is 5.99. The van der Waals surface area contributed by atoms with E-state index in [0.717, 1.165) is 23.0 Å². The molecule has 6 heteroatoms. The van der Waals surface area contributed by atoms with Crippen molar-refractivity contribution < 1.29 is 17.9 Å². The third-order valence-corrected chi connectivity index (χ3v) is 5.60. The minimum absolute atomic E-state index is 0.232. The summed E-state index contributed by atoms with van der Waals surface area (Å²) in [7, 11) is -3.29. The number of sulfone groups is 1. The molecule has 0 spiro atoms. The van der Waals surface area contributed by atoms with Crippen LogP contribution in [0.4, 0.5) is 0 Å². The molecular weight excluding hydrogens is 372 g/mol. The van der Waals surface area contributed by atoms with Crippen molar-refractivity contribution in [2.45, 2.75) is 30.8 Å². The number of hydrogen-bond acceptors (Lipinski definition) is 4. The van der Waals surface area contributed by atoms with Gasteiger partial charge >= 0.3 is 5.97 Å². The molecule has 3 rings (SSSR count). The van der Waals surface area contributed by atoms with Gasteiger partial charge in [0.1, 0.15) is 5.60 Å². The van der Waals surface area contributed by atoms with Crippen LogP contribution >= 0.6 is 11.6 Å². The molecule has 136 valence electrons. The molecule has 2 aromatic carbocycles. The lowest BCUT2D eigenvalue weighted by Gasteiger charge is -2.14. The first kappa shape index (κ1) is 18.7. The molecule has 0 aromatic heterocycles. The van der Waals surface area contributed by atoms with Gasteiger partial charge in [0, 0.05) is 23.3 Å². The number of halogens is 1. The Morgan fingerprint density at radius 2 is 1.50 bits per heavy atom. The molecule has 0 saturated carbocycles. The summed E-state index contributed by atoms with van der Waals surface area (Å²) < 4.78 is 28.9.